The first-order chi connectivity index (χ1) is 23.2. The predicted molar refractivity (Wildman–Crippen MR) is 194 cm³/mol. The van der Waals surface area contributed by atoms with E-state index >= 15 is 0 Å². The second kappa shape index (κ2) is 18.4. The fourth-order valence-corrected chi connectivity index (χ4v) is 9.01. The van der Waals surface area contributed by atoms with Crippen LogP contribution in [-0.2, 0) is 28.5 Å². The van der Waals surface area contributed by atoms with Crippen LogP contribution < -0.4 is 0 Å². The lowest BCUT2D eigenvalue weighted by Gasteiger charge is -2.46. The van der Waals surface area contributed by atoms with Crippen molar-refractivity contribution in [2.75, 3.05) is 27.2 Å². The van der Waals surface area contributed by atoms with E-state index < -0.39 is 72.0 Å². The number of hydrogen-bond acceptors (Lipinski definition) is 11. The Labute approximate surface area is 303 Å². The normalized spacial score (nSPS) is 46.6. The Kier molecular flexibility index (Phi) is 16.0. The van der Waals surface area contributed by atoms with Gasteiger partial charge in [0.2, 0.25) is 0 Å². The van der Waals surface area contributed by atoms with E-state index in [1.165, 1.54) is 6.92 Å². The second-order valence-electron chi connectivity index (χ2n) is 17.1. The third-order valence-electron chi connectivity index (χ3n) is 11.8. The van der Waals surface area contributed by atoms with Gasteiger partial charge in [-0.05, 0) is 106 Å². The fraction of sp³-hybridized carbons (Fsp3) is 0.974. The maximum absolute atomic E-state index is 14.1. The number of hydrogen-bond donors (Lipinski definition) is 3. The Hall–Kier alpha value is -0.890. The van der Waals surface area contributed by atoms with Crippen LogP contribution in [-0.4, -0.2) is 131 Å². The number of aliphatic hydroxyl groups excluding tert-OH is 1. The highest BCUT2D eigenvalue weighted by Gasteiger charge is 2.50. The first kappa shape index (κ1) is 43.5. The van der Waals surface area contributed by atoms with Gasteiger partial charge in [0.25, 0.3) is 0 Å². The summed E-state index contributed by atoms with van der Waals surface area (Å²) < 4.78 is 32.5. The van der Waals surface area contributed by atoms with Crippen molar-refractivity contribution in [2.45, 2.75) is 194 Å². The third-order valence-corrected chi connectivity index (χ3v) is 11.8. The van der Waals surface area contributed by atoms with E-state index in [2.05, 4.69) is 39.6 Å². The lowest BCUT2D eigenvalue weighted by molar-refractivity contribution is -0.284. The molecule has 0 aliphatic carbocycles. The molecular weight excluding hydrogens is 640 g/mol. The van der Waals surface area contributed by atoms with Gasteiger partial charge in [0.05, 0.1) is 35.9 Å². The molecule has 3 aliphatic rings. The van der Waals surface area contributed by atoms with Gasteiger partial charge in [-0.3, -0.25) is 4.79 Å². The SMILES string of the molecule is CCCN(C)C1CC(C)OC(O[C@@H]2[C@@H](C)[C@H](O[C@H]3CC(C)CC(C)O3)C(C)C(=O)O[C@H](CC)[C@@](C)(O)C(O)C(C)N(C)C[C@H](C)C[C@@]2(C)O)C1. The molecule has 50 heavy (non-hydrogen) atoms. The Balaban J connectivity index is 2.10. The number of aliphatic hydroxyl groups is 3. The molecule has 0 aromatic carbocycles. The number of likely N-dealkylation sites (N-methyl/N-ethyl adjacent to an activating group) is 1. The van der Waals surface area contributed by atoms with Crippen LogP contribution in [0.15, 0.2) is 0 Å². The van der Waals surface area contributed by atoms with Gasteiger partial charge in [-0.15, -0.1) is 0 Å². The quantitative estimate of drug-likeness (QED) is 0.295. The lowest BCUT2D eigenvalue weighted by atomic mass is 9.77. The topological polar surface area (TPSA) is 130 Å². The summed E-state index contributed by atoms with van der Waals surface area (Å²) in [7, 11) is 4.05. The zero-order chi connectivity index (χ0) is 37.7. The Morgan fingerprint density at radius 3 is 2.08 bits per heavy atom. The number of cyclic esters (lactones) is 1. The molecule has 0 amide bonds. The van der Waals surface area contributed by atoms with Crippen LogP contribution >= 0.6 is 0 Å². The van der Waals surface area contributed by atoms with Crippen molar-refractivity contribution in [1.29, 1.82) is 0 Å². The third kappa shape index (κ3) is 11.1. The maximum Gasteiger partial charge on any atom is 0.311 e. The van der Waals surface area contributed by atoms with Crippen LogP contribution in [0.5, 0.6) is 0 Å². The van der Waals surface area contributed by atoms with E-state index in [0.29, 0.717) is 38.1 Å². The molecule has 0 radical (unpaired) electrons. The van der Waals surface area contributed by atoms with Crippen LogP contribution in [0.3, 0.4) is 0 Å². The van der Waals surface area contributed by atoms with Crippen molar-refractivity contribution < 1.29 is 43.8 Å². The second-order valence-corrected chi connectivity index (χ2v) is 17.1. The first-order valence-corrected chi connectivity index (χ1v) is 19.6. The average Bonchev–Trinajstić information content (AvgIpc) is 3.01. The van der Waals surface area contributed by atoms with Gasteiger partial charge in [0.1, 0.15) is 17.8 Å². The van der Waals surface area contributed by atoms with Gasteiger partial charge in [-0.1, -0.05) is 34.6 Å². The molecule has 3 rings (SSSR count). The highest BCUT2D eigenvalue weighted by molar-refractivity contribution is 5.73. The Bertz CT molecular complexity index is 1040. The van der Waals surface area contributed by atoms with Gasteiger partial charge in [0, 0.05) is 37.4 Å². The standard InChI is InChI=1S/C39H74N2O9/c1-14-16-40(12)30-19-26(6)47-33(20-30)50-36-27(7)34(49-32-18-23(3)17-25(5)46-32)28(8)37(43)48-31(15-2)39(11,45)35(42)29(9)41(13)22-24(4)21-38(36,10)44/h23-36,42,44-45H,14-22H2,1-13H3/t23?,24-,25?,26?,27+,28?,29?,30?,31-,32+,33?,34+,35?,36-,38-,39-/m1/s1. The number of ether oxygens (including phenoxy) is 5. The highest BCUT2D eigenvalue weighted by Crippen LogP contribution is 2.39. The van der Waals surface area contributed by atoms with E-state index in [-0.39, 0.29) is 24.2 Å². The molecule has 3 heterocycles. The molecule has 0 bridgehead atoms. The predicted octanol–water partition coefficient (Wildman–Crippen LogP) is 4.97. The molecule has 16 atom stereocenters. The molecule has 0 saturated carbocycles. The highest BCUT2D eigenvalue weighted by atomic mass is 16.7. The van der Waals surface area contributed by atoms with Gasteiger partial charge in [-0.25, -0.2) is 0 Å². The molecule has 0 aromatic rings. The van der Waals surface area contributed by atoms with Gasteiger partial charge >= 0.3 is 5.97 Å². The average molecular weight is 715 g/mol. The van der Waals surface area contributed by atoms with Crippen molar-refractivity contribution in [3.05, 3.63) is 0 Å². The summed E-state index contributed by atoms with van der Waals surface area (Å²) in [6.07, 6.45) is 0.0161. The number of carbonyl (C=O) groups excluding carboxylic acids is 1. The van der Waals surface area contributed by atoms with Crippen molar-refractivity contribution in [3.63, 3.8) is 0 Å². The zero-order valence-electron chi connectivity index (χ0n) is 33.6. The number of nitrogens with zero attached hydrogens (tertiary/aromatic N) is 2. The minimum Gasteiger partial charge on any atom is -0.459 e. The van der Waals surface area contributed by atoms with Gasteiger partial charge < -0.3 is 48.8 Å². The number of esters is 1. The summed E-state index contributed by atoms with van der Waals surface area (Å²) in [4.78, 5) is 18.5. The van der Waals surface area contributed by atoms with Crippen LogP contribution in [0.1, 0.15) is 121 Å². The molecule has 3 aliphatic heterocycles. The summed E-state index contributed by atoms with van der Waals surface area (Å²) in [5.74, 6) is -1.52. The summed E-state index contributed by atoms with van der Waals surface area (Å²) in [6.45, 7) is 22.8. The Morgan fingerprint density at radius 2 is 1.50 bits per heavy atom. The van der Waals surface area contributed by atoms with E-state index in [1.54, 1.807) is 6.92 Å². The molecule has 3 saturated heterocycles. The Morgan fingerprint density at radius 1 is 0.900 bits per heavy atom. The smallest absolute Gasteiger partial charge is 0.311 e. The number of carbonyl (C=O) groups is 1. The lowest BCUT2D eigenvalue weighted by Crippen LogP contribution is -2.59. The number of rotatable bonds is 8. The van der Waals surface area contributed by atoms with Crippen molar-refractivity contribution in [3.8, 4) is 0 Å². The minimum atomic E-state index is -1.71. The van der Waals surface area contributed by atoms with Crippen LogP contribution in [0, 0.1) is 23.7 Å². The fourth-order valence-electron chi connectivity index (χ4n) is 9.01. The van der Waals surface area contributed by atoms with E-state index in [4.69, 9.17) is 23.7 Å². The van der Waals surface area contributed by atoms with Crippen LogP contribution in [0.2, 0.25) is 0 Å². The largest absolute Gasteiger partial charge is 0.459 e. The molecule has 3 fully saturated rings. The summed E-state index contributed by atoms with van der Waals surface area (Å²) in [6, 6.07) is -0.193. The molecule has 294 valence electrons. The summed E-state index contributed by atoms with van der Waals surface area (Å²) in [5, 5.41) is 35.7. The van der Waals surface area contributed by atoms with Crippen LogP contribution in [0.4, 0.5) is 0 Å². The van der Waals surface area contributed by atoms with Crippen molar-refractivity contribution in [1.82, 2.24) is 9.80 Å². The molecular formula is C39H74N2O9. The maximum atomic E-state index is 14.1. The molecule has 11 nitrogen and oxygen atoms in total. The van der Waals surface area contributed by atoms with Gasteiger partial charge in [0.15, 0.2) is 12.6 Å². The van der Waals surface area contributed by atoms with Crippen LogP contribution in [0.25, 0.3) is 0 Å². The molecule has 0 aromatic heterocycles. The van der Waals surface area contributed by atoms with Gasteiger partial charge in [-0.2, -0.15) is 0 Å². The molecule has 0 spiro atoms. The van der Waals surface area contributed by atoms with E-state index in [0.717, 1.165) is 25.8 Å². The van der Waals surface area contributed by atoms with E-state index in [1.807, 2.05) is 46.6 Å². The molecule has 11 heteroatoms. The monoisotopic (exact) mass is 715 g/mol. The minimum absolute atomic E-state index is 0.00576. The zero-order valence-corrected chi connectivity index (χ0v) is 33.6. The summed E-state index contributed by atoms with van der Waals surface area (Å²) in [5.41, 5.74) is -3.07. The summed E-state index contributed by atoms with van der Waals surface area (Å²) >= 11 is 0. The first-order valence-electron chi connectivity index (χ1n) is 19.6. The van der Waals surface area contributed by atoms with Crippen molar-refractivity contribution >= 4 is 5.97 Å². The van der Waals surface area contributed by atoms with E-state index in [9.17, 15) is 20.1 Å². The molecule has 3 N–H and O–H groups in total. The van der Waals surface area contributed by atoms with Crippen molar-refractivity contribution in [2.24, 2.45) is 23.7 Å². The molecule has 8 unspecified atom stereocenters.